The average Bonchev–Trinajstić information content (AvgIpc) is 2.93. The topological polar surface area (TPSA) is 108 Å². The van der Waals surface area contributed by atoms with Crippen LogP contribution in [0, 0.1) is 10.1 Å². The number of nitrogens with two attached hydrogens (primary N) is 1. The monoisotopic (exact) mass is 260 g/mol. The van der Waals surface area contributed by atoms with E-state index >= 15 is 0 Å². The molecule has 2 N–H and O–H groups in total. The second kappa shape index (κ2) is 3.78. The van der Waals surface area contributed by atoms with Crippen molar-refractivity contribution in [1.82, 2.24) is 10.1 Å². The zero-order chi connectivity index (χ0) is 13.6. The van der Waals surface area contributed by atoms with Crippen LogP contribution in [0.5, 0.6) is 0 Å². The lowest BCUT2D eigenvalue weighted by atomic mass is 10.1. The van der Waals surface area contributed by atoms with E-state index in [4.69, 9.17) is 10.3 Å². The first-order valence-corrected chi connectivity index (χ1v) is 5.88. The zero-order valence-electron chi connectivity index (χ0n) is 10.3. The van der Waals surface area contributed by atoms with Crippen LogP contribution >= 0.6 is 0 Å². The molecular weight excluding hydrogens is 248 g/mol. The molecule has 0 atom stereocenters. The largest absolute Gasteiger partial charge is 0.398 e. The predicted molar refractivity (Wildman–Crippen MR) is 67.4 cm³/mol. The van der Waals surface area contributed by atoms with Gasteiger partial charge in [0.15, 0.2) is 5.82 Å². The highest BCUT2D eigenvalue weighted by Crippen LogP contribution is 2.46. The summed E-state index contributed by atoms with van der Waals surface area (Å²) in [5, 5.41) is 14.7. The maximum atomic E-state index is 10.8. The van der Waals surface area contributed by atoms with Gasteiger partial charge in [-0.2, -0.15) is 4.98 Å². The summed E-state index contributed by atoms with van der Waals surface area (Å²) in [5.41, 5.74) is 6.51. The smallest absolute Gasteiger partial charge is 0.270 e. The molecule has 1 aliphatic carbocycles. The van der Waals surface area contributed by atoms with Crippen LogP contribution in [0.2, 0.25) is 0 Å². The van der Waals surface area contributed by atoms with Gasteiger partial charge in [-0.1, -0.05) is 12.1 Å². The molecule has 1 saturated carbocycles. The van der Waals surface area contributed by atoms with E-state index < -0.39 is 4.92 Å². The van der Waals surface area contributed by atoms with Gasteiger partial charge in [0.25, 0.3) is 11.6 Å². The number of nitro benzene ring substituents is 1. The number of rotatable bonds is 3. The van der Waals surface area contributed by atoms with Gasteiger partial charge in [0.2, 0.25) is 0 Å². The molecular formula is C12H12N4O3. The minimum absolute atomic E-state index is 0.0166. The molecule has 1 heterocycles. The third kappa shape index (κ3) is 1.92. The first-order chi connectivity index (χ1) is 8.99. The van der Waals surface area contributed by atoms with Crippen molar-refractivity contribution >= 4 is 11.4 Å². The van der Waals surface area contributed by atoms with Gasteiger partial charge < -0.3 is 10.3 Å². The predicted octanol–water partition coefficient (Wildman–Crippen LogP) is 2.28. The van der Waals surface area contributed by atoms with E-state index in [-0.39, 0.29) is 17.0 Å². The van der Waals surface area contributed by atoms with Crippen molar-refractivity contribution in [3.05, 3.63) is 34.1 Å². The first kappa shape index (κ1) is 11.6. The van der Waals surface area contributed by atoms with Gasteiger partial charge in [-0.15, -0.1) is 0 Å². The number of aromatic nitrogens is 2. The van der Waals surface area contributed by atoms with Crippen LogP contribution in [0.25, 0.3) is 11.5 Å². The summed E-state index contributed by atoms with van der Waals surface area (Å²) in [6.07, 6.45) is 2.05. The van der Waals surface area contributed by atoms with Crippen LogP contribution in [0.4, 0.5) is 11.4 Å². The summed E-state index contributed by atoms with van der Waals surface area (Å²) in [4.78, 5) is 14.6. The average molecular weight is 260 g/mol. The van der Waals surface area contributed by atoms with Crippen molar-refractivity contribution in [2.75, 3.05) is 5.73 Å². The fraction of sp³-hybridized carbons (Fsp3) is 0.333. The van der Waals surface area contributed by atoms with Crippen LogP contribution < -0.4 is 5.73 Å². The van der Waals surface area contributed by atoms with Crippen molar-refractivity contribution < 1.29 is 9.45 Å². The van der Waals surface area contributed by atoms with Gasteiger partial charge in [-0.25, -0.2) is 0 Å². The molecule has 0 radical (unpaired) electrons. The molecule has 7 nitrogen and oxygen atoms in total. The van der Waals surface area contributed by atoms with Gasteiger partial charge in [0.1, 0.15) is 0 Å². The molecule has 2 aromatic rings. The van der Waals surface area contributed by atoms with Gasteiger partial charge in [0.05, 0.1) is 10.5 Å². The van der Waals surface area contributed by atoms with E-state index in [1.165, 1.54) is 18.2 Å². The number of nitro groups is 1. The molecule has 3 rings (SSSR count). The highest BCUT2D eigenvalue weighted by molar-refractivity contribution is 5.73. The highest BCUT2D eigenvalue weighted by atomic mass is 16.6. The Kier molecular flexibility index (Phi) is 2.31. The molecule has 0 amide bonds. The van der Waals surface area contributed by atoms with Crippen LogP contribution in [0.3, 0.4) is 0 Å². The van der Waals surface area contributed by atoms with E-state index in [2.05, 4.69) is 17.1 Å². The molecule has 19 heavy (non-hydrogen) atoms. The normalized spacial score (nSPS) is 16.3. The van der Waals surface area contributed by atoms with Crippen LogP contribution in [0.1, 0.15) is 25.6 Å². The summed E-state index contributed by atoms with van der Waals surface area (Å²) < 4.78 is 5.17. The standard InChI is InChI=1S/C12H12N4O3/c1-12(4-5-12)11-14-10(19-15-11)8-6-7(16(17)18)2-3-9(8)13/h2-3,6H,4-5,13H2,1H3. The molecule has 0 spiro atoms. The third-order valence-corrected chi connectivity index (χ3v) is 3.44. The number of nitrogens with zero attached hydrogens (tertiary/aromatic N) is 3. The third-order valence-electron chi connectivity index (χ3n) is 3.44. The Balaban J connectivity index is 2.03. The first-order valence-electron chi connectivity index (χ1n) is 5.88. The van der Waals surface area contributed by atoms with E-state index in [0.29, 0.717) is 17.1 Å². The zero-order valence-corrected chi connectivity index (χ0v) is 10.3. The number of nitrogen functional groups attached to an aromatic ring is 1. The van der Waals surface area contributed by atoms with E-state index in [1.807, 2.05) is 0 Å². The SMILES string of the molecule is CC1(c2noc(-c3cc([N+](=O)[O-])ccc3N)n2)CC1. The maximum Gasteiger partial charge on any atom is 0.270 e. The van der Waals surface area contributed by atoms with E-state index in [1.54, 1.807) is 0 Å². The molecule has 7 heteroatoms. The van der Waals surface area contributed by atoms with Crippen LogP contribution in [-0.4, -0.2) is 15.1 Å². The maximum absolute atomic E-state index is 10.8. The lowest BCUT2D eigenvalue weighted by Gasteiger charge is -2.00. The molecule has 1 aromatic heterocycles. The molecule has 1 fully saturated rings. The van der Waals surface area contributed by atoms with Gasteiger partial charge in [0, 0.05) is 23.2 Å². The lowest BCUT2D eigenvalue weighted by Crippen LogP contribution is -2.02. The lowest BCUT2D eigenvalue weighted by molar-refractivity contribution is -0.384. The Morgan fingerprint density at radius 1 is 1.47 bits per heavy atom. The fourth-order valence-corrected chi connectivity index (χ4v) is 1.83. The van der Waals surface area contributed by atoms with Crippen molar-refractivity contribution in [3.63, 3.8) is 0 Å². The van der Waals surface area contributed by atoms with Gasteiger partial charge in [-0.05, 0) is 18.9 Å². The Labute approximate surface area is 108 Å². The van der Waals surface area contributed by atoms with Gasteiger partial charge >= 0.3 is 0 Å². The molecule has 98 valence electrons. The summed E-state index contributed by atoms with van der Waals surface area (Å²) in [6.45, 7) is 2.05. The minimum Gasteiger partial charge on any atom is -0.398 e. The van der Waals surface area contributed by atoms with Crippen molar-refractivity contribution in [2.24, 2.45) is 0 Å². The molecule has 0 aliphatic heterocycles. The Morgan fingerprint density at radius 2 is 2.21 bits per heavy atom. The number of hydrogen-bond acceptors (Lipinski definition) is 6. The van der Waals surface area contributed by atoms with Crippen molar-refractivity contribution in [2.45, 2.75) is 25.2 Å². The quantitative estimate of drug-likeness (QED) is 0.515. The second-order valence-corrected chi connectivity index (χ2v) is 5.01. The van der Waals surface area contributed by atoms with Crippen molar-refractivity contribution in [3.8, 4) is 11.5 Å². The Bertz CT molecular complexity index is 661. The number of benzene rings is 1. The number of non-ortho nitro benzene ring substituents is 1. The number of anilines is 1. The van der Waals surface area contributed by atoms with E-state index in [9.17, 15) is 10.1 Å². The fourth-order valence-electron chi connectivity index (χ4n) is 1.83. The van der Waals surface area contributed by atoms with Crippen LogP contribution in [0.15, 0.2) is 22.7 Å². The highest BCUT2D eigenvalue weighted by Gasteiger charge is 2.43. The van der Waals surface area contributed by atoms with Crippen molar-refractivity contribution in [1.29, 1.82) is 0 Å². The molecule has 0 bridgehead atoms. The molecule has 0 saturated heterocycles. The van der Waals surface area contributed by atoms with Crippen LogP contribution in [-0.2, 0) is 5.41 Å². The Hall–Kier alpha value is -2.44. The summed E-state index contributed by atoms with van der Waals surface area (Å²) in [5.74, 6) is 0.859. The summed E-state index contributed by atoms with van der Waals surface area (Å²) in [7, 11) is 0. The molecule has 1 aliphatic rings. The summed E-state index contributed by atoms with van der Waals surface area (Å²) >= 11 is 0. The minimum atomic E-state index is -0.484. The second-order valence-electron chi connectivity index (χ2n) is 5.01. The van der Waals surface area contributed by atoms with E-state index in [0.717, 1.165) is 12.8 Å². The summed E-state index contributed by atoms with van der Waals surface area (Å²) in [6, 6.07) is 4.16. The van der Waals surface area contributed by atoms with Gasteiger partial charge in [-0.3, -0.25) is 10.1 Å². The number of hydrogen-bond donors (Lipinski definition) is 1. The Morgan fingerprint density at radius 3 is 2.84 bits per heavy atom. The molecule has 0 unspecified atom stereocenters. The molecule has 1 aromatic carbocycles.